The van der Waals surface area contributed by atoms with Crippen molar-refractivity contribution in [3.8, 4) is 0 Å². The van der Waals surface area contributed by atoms with Gasteiger partial charge in [-0.15, -0.1) is 0 Å². The lowest BCUT2D eigenvalue weighted by molar-refractivity contribution is 0.104. The van der Waals surface area contributed by atoms with Crippen molar-refractivity contribution < 1.29 is 9.53 Å². The highest BCUT2D eigenvalue weighted by molar-refractivity contribution is 5.67. The second-order valence-corrected chi connectivity index (χ2v) is 4.35. The van der Waals surface area contributed by atoms with Gasteiger partial charge in [0.25, 0.3) is 0 Å². The van der Waals surface area contributed by atoms with Gasteiger partial charge in [0.15, 0.2) is 0 Å². The van der Waals surface area contributed by atoms with Crippen molar-refractivity contribution in [2.24, 2.45) is 17.7 Å². The van der Waals surface area contributed by atoms with Crippen LogP contribution < -0.4 is 16.6 Å². The van der Waals surface area contributed by atoms with E-state index in [0.29, 0.717) is 5.92 Å². The van der Waals surface area contributed by atoms with E-state index in [1.165, 1.54) is 0 Å². The van der Waals surface area contributed by atoms with E-state index in [2.05, 4.69) is 24.6 Å². The molecule has 0 radical (unpaired) electrons. The molecule has 0 aromatic carbocycles. The van der Waals surface area contributed by atoms with Gasteiger partial charge < -0.3 is 10.1 Å². The maximum absolute atomic E-state index is 11.3. The molecule has 15 heavy (non-hydrogen) atoms. The average Bonchev–Trinajstić information content (AvgIpc) is 2.11. The van der Waals surface area contributed by atoms with Gasteiger partial charge in [0, 0.05) is 0 Å². The topological polar surface area (TPSA) is 76.4 Å². The number of alkyl carbamates (subject to hydrolysis) is 1. The monoisotopic (exact) mass is 217 g/mol. The van der Waals surface area contributed by atoms with Crippen molar-refractivity contribution >= 4 is 6.09 Å². The highest BCUT2D eigenvalue weighted by Crippen LogP contribution is 2.12. The van der Waals surface area contributed by atoms with Crippen molar-refractivity contribution in [3.63, 3.8) is 0 Å². The maximum Gasteiger partial charge on any atom is 0.408 e. The molecular formula is C10H23N3O2. The molecule has 0 bridgehead atoms. The molecule has 90 valence electrons. The van der Waals surface area contributed by atoms with Crippen LogP contribution in [0.15, 0.2) is 0 Å². The third kappa shape index (κ3) is 5.59. The molecular weight excluding hydrogens is 194 g/mol. The molecule has 0 saturated heterocycles. The van der Waals surface area contributed by atoms with Crippen LogP contribution in [0.4, 0.5) is 4.79 Å². The van der Waals surface area contributed by atoms with Gasteiger partial charge in [-0.3, -0.25) is 5.84 Å². The van der Waals surface area contributed by atoms with Crippen LogP contribution in [0, 0.1) is 11.8 Å². The molecule has 0 spiro atoms. The van der Waals surface area contributed by atoms with E-state index in [9.17, 15) is 4.79 Å². The van der Waals surface area contributed by atoms with E-state index in [1.54, 1.807) is 13.8 Å². The Labute approximate surface area is 91.7 Å². The summed E-state index contributed by atoms with van der Waals surface area (Å²) in [6.45, 7) is 9.77. The average molecular weight is 217 g/mol. The second-order valence-electron chi connectivity index (χ2n) is 4.35. The van der Waals surface area contributed by atoms with Crippen molar-refractivity contribution in [1.82, 2.24) is 10.7 Å². The number of nitrogens with one attached hydrogen (secondary N) is 2. The van der Waals surface area contributed by atoms with Crippen LogP contribution in [0.3, 0.4) is 0 Å². The Balaban J connectivity index is 4.15. The predicted molar refractivity (Wildman–Crippen MR) is 59.9 cm³/mol. The number of nitrogens with two attached hydrogens (primary N) is 1. The number of amides is 1. The van der Waals surface area contributed by atoms with E-state index in [1.807, 2.05) is 6.92 Å². The number of hydrogen-bond donors (Lipinski definition) is 3. The molecule has 0 heterocycles. The molecule has 0 aliphatic heterocycles. The zero-order chi connectivity index (χ0) is 12.0. The summed E-state index contributed by atoms with van der Waals surface area (Å²) < 4.78 is 4.97. The molecule has 0 fully saturated rings. The number of ether oxygens (including phenoxy) is 1. The molecule has 2 atom stereocenters. The maximum atomic E-state index is 11.3. The van der Waals surface area contributed by atoms with Crippen LogP contribution in [0.2, 0.25) is 0 Å². The Hall–Kier alpha value is -0.810. The summed E-state index contributed by atoms with van der Waals surface area (Å²) in [5, 5.41) is 2.68. The van der Waals surface area contributed by atoms with Crippen LogP contribution in [-0.4, -0.2) is 18.4 Å². The van der Waals surface area contributed by atoms with Crippen LogP contribution in [0.25, 0.3) is 0 Å². The van der Waals surface area contributed by atoms with Gasteiger partial charge in [-0.25, -0.2) is 10.2 Å². The number of carbonyl (C=O) groups excluding carboxylic acids is 1. The highest BCUT2D eigenvalue weighted by Gasteiger charge is 2.21. The third-order valence-electron chi connectivity index (χ3n) is 2.37. The fourth-order valence-corrected chi connectivity index (χ4v) is 1.08. The summed E-state index contributed by atoms with van der Waals surface area (Å²) in [6.07, 6.45) is -0.838. The Morgan fingerprint density at radius 2 is 1.73 bits per heavy atom. The van der Waals surface area contributed by atoms with Gasteiger partial charge in [0.1, 0.15) is 0 Å². The van der Waals surface area contributed by atoms with Crippen LogP contribution in [0.5, 0.6) is 0 Å². The van der Waals surface area contributed by atoms with Crippen LogP contribution in [-0.2, 0) is 4.74 Å². The van der Waals surface area contributed by atoms with Crippen LogP contribution in [0.1, 0.15) is 34.6 Å². The van der Waals surface area contributed by atoms with Gasteiger partial charge in [0.05, 0.1) is 12.3 Å². The minimum absolute atomic E-state index is 0.127. The second kappa shape index (κ2) is 6.63. The smallest absolute Gasteiger partial charge is 0.408 e. The van der Waals surface area contributed by atoms with Crippen molar-refractivity contribution in [3.05, 3.63) is 0 Å². The van der Waals surface area contributed by atoms with E-state index < -0.39 is 6.09 Å². The number of carbonyl (C=O) groups is 1. The number of hydrogen-bond acceptors (Lipinski definition) is 4. The summed E-state index contributed by atoms with van der Waals surface area (Å²) in [5.41, 5.74) is 2.58. The Kier molecular flexibility index (Phi) is 6.27. The SMILES string of the molecule is CC(C)OC(=O)N[C@@H](NN)[C@@H](C)C(C)C. The fraction of sp³-hybridized carbons (Fsp3) is 0.900. The molecule has 0 aromatic heterocycles. The lowest BCUT2D eigenvalue weighted by Crippen LogP contribution is -2.53. The molecule has 0 aromatic rings. The molecule has 0 rings (SSSR count). The third-order valence-corrected chi connectivity index (χ3v) is 2.37. The normalized spacial score (nSPS) is 15.2. The summed E-state index contributed by atoms with van der Waals surface area (Å²) in [5.74, 6) is 6.02. The molecule has 0 unspecified atom stereocenters. The minimum Gasteiger partial charge on any atom is -0.447 e. The first kappa shape index (κ1) is 14.2. The quantitative estimate of drug-likeness (QED) is 0.367. The standard InChI is InChI=1S/C10H23N3O2/c1-6(2)8(5)9(13-11)12-10(14)15-7(3)4/h6-9,13H,11H2,1-5H3,(H,12,14)/t8-,9-/m0/s1. The van der Waals surface area contributed by atoms with Crippen molar-refractivity contribution in [2.75, 3.05) is 0 Å². The predicted octanol–water partition coefficient (Wildman–Crippen LogP) is 1.20. The van der Waals surface area contributed by atoms with Gasteiger partial charge in [-0.2, -0.15) is 0 Å². The Morgan fingerprint density at radius 3 is 2.07 bits per heavy atom. The first-order valence-corrected chi connectivity index (χ1v) is 5.31. The number of hydrazine groups is 1. The van der Waals surface area contributed by atoms with Gasteiger partial charge in [0.2, 0.25) is 0 Å². The summed E-state index contributed by atoms with van der Waals surface area (Å²) in [6, 6.07) is 0. The zero-order valence-electron chi connectivity index (χ0n) is 10.2. The van der Waals surface area contributed by atoms with Crippen molar-refractivity contribution in [1.29, 1.82) is 0 Å². The largest absolute Gasteiger partial charge is 0.447 e. The van der Waals surface area contributed by atoms with Gasteiger partial charge >= 0.3 is 6.09 Å². The summed E-state index contributed by atoms with van der Waals surface area (Å²) in [7, 11) is 0. The molecule has 5 nitrogen and oxygen atoms in total. The van der Waals surface area contributed by atoms with Gasteiger partial charge in [-0.05, 0) is 25.7 Å². The Bertz CT molecular complexity index is 195. The Morgan fingerprint density at radius 1 is 1.20 bits per heavy atom. The van der Waals surface area contributed by atoms with E-state index >= 15 is 0 Å². The molecule has 0 saturated carbocycles. The summed E-state index contributed by atoms with van der Waals surface area (Å²) >= 11 is 0. The van der Waals surface area contributed by atoms with E-state index in [4.69, 9.17) is 10.6 Å². The van der Waals surface area contributed by atoms with Crippen LogP contribution >= 0.6 is 0 Å². The van der Waals surface area contributed by atoms with E-state index in [0.717, 1.165) is 0 Å². The number of rotatable bonds is 5. The lowest BCUT2D eigenvalue weighted by atomic mass is 9.95. The molecule has 1 amide bonds. The molecule has 4 N–H and O–H groups in total. The summed E-state index contributed by atoms with van der Waals surface area (Å²) in [4.78, 5) is 11.3. The highest BCUT2D eigenvalue weighted by atomic mass is 16.6. The minimum atomic E-state index is -0.444. The fourth-order valence-electron chi connectivity index (χ4n) is 1.08. The lowest BCUT2D eigenvalue weighted by Gasteiger charge is -2.27. The van der Waals surface area contributed by atoms with E-state index in [-0.39, 0.29) is 18.2 Å². The molecule has 0 aliphatic carbocycles. The van der Waals surface area contributed by atoms with Gasteiger partial charge in [-0.1, -0.05) is 20.8 Å². The molecule has 0 aliphatic rings. The zero-order valence-corrected chi connectivity index (χ0v) is 10.2. The van der Waals surface area contributed by atoms with Crippen molar-refractivity contribution in [2.45, 2.75) is 46.9 Å². The first-order chi connectivity index (χ1) is 6.88. The molecule has 5 heteroatoms. The first-order valence-electron chi connectivity index (χ1n) is 5.31.